The predicted molar refractivity (Wildman–Crippen MR) is 207 cm³/mol. The number of unbranched alkanes of at least 4 members (excludes halogenated alkanes) is 11. The summed E-state index contributed by atoms with van der Waals surface area (Å²) >= 11 is 0. The van der Waals surface area contributed by atoms with Crippen LogP contribution < -0.4 is 0 Å². The van der Waals surface area contributed by atoms with Crippen LogP contribution in [0.3, 0.4) is 0 Å². The Balaban J connectivity index is 2.57. The topological polar surface area (TPSA) is 210 Å². The van der Waals surface area contributed by atoms with E-state index in [1.165, 1.54) is 38.5 Å². The SMILES string of the molecule is CC/C=C\C/C=C\C/C=C\C/C=C\CCCCC(=O)O[C@H](COC(=O)CCCCCCCCCCCC)COP(=O)(O)OC1C(O)C(O)C(O)[C@@H](O)C1O. The summed E-state index contributed by atoms with van der Waals surface area (Å²) in [5.74, 6) is -1.15. The first-order valence-corrected chi connectivity index (χ1v) is 21.4. The number of allylic oxidation sites excluding steroid dienone is 8. The first-order chi connectivity index (χ1) is 25.9. The Morgan fingerprint density at radius 3 is 1.61 bits per heavy atom. The first-order valence-electron chi connectivity index (χ1n) is 19.9. The Bertz CT molecular complexity index is 1140. The van der Waals surface area contributed by atoms with Crippen molar-refractivity contribution in [3.05, 3.63) is 48.6 Å². The van der Waals surface area contributed by atoms with Crippen LogP contribution in [0.25, 0.3) is 0 Å². The molecule has 0 aliphatic heterocycles. The van der Waals surface area contributed by atoms with Crippen LogP contribution in [0, 0.1) is 0 Å². The number of esters is 2. The highest BCUT2D eigenvalue weighted by Gasteiger charge is 2.51. The van der Waals surface area contributed by atoms with E-state index in [1.54, 1.807) is 0 Å². The molecule has 1 aliphatic rings. The Morgan fingerprint density at radius 1 is 0.593 bits per heavy atom. The molecule has 0 amide bonds. The van der Waals surface area contributed by atoms with Crippen molar-refractivity contribution in [2.75, 3.05) is 13.2 Å². The number of aliphatic hydroxyl groups is 5. The summed E-state index contributed by atoms with van der Waals surface area (Å²) in [7, 11) is -5.12. The minimum atomic E-state index is -5.12. The molecule has 1 saturated carbocycles. The number of phosphoric ester groups is 1. The molecule has 8 atom stereocenters. The number of hydrogen-bond donors (Lipinski definition) is 6. The standard InChI is InChI=1S/C40H69O13P/c1-3-5-7-9-11-13-15-16-17-18-19-21-23-25-27-29-34(42)52-32(30-50-33(41)28-26-24-22-20-14-12-10-8-6-4-2)31-51-54(48,49)53-40-38(46)36(44)35(43)37(45)39(40)47/h5,7,11,13,16-17,19,21,32,35-40,43-47H,3-4,6,8-10,12,14-15,18,20,22-31H2,1-2H3,(H,48,49)/b7-5-,13-11-,17-16-,21-19-/t32-,35?,36-,37?,38?,39?,40?/m1/s1. The van der Waals surface area contributed by atoms with Crippen molar-refractivity contribution in [1.82, 2.24) is 0 Å². The lowest BCUT2D eigenvalue weighted by Gasteiger charge is -2.41. The van der Waals surface area contributed by atoms with Gasteiger partial charge in [0.05, 0.1) is 6.61 Å². The lowest BCUT2D eigenvalue weighted by molar-refractivity contribution is -0.220. The molecular weight excluding hydrogens is 719 g/mol. The van der Waals surface area contributed by atoms with Gasteiger partial charge in [-0.1, -0.05) is 120 Å². The van der Waals surface area contributed by atoms with E-state index in [-0.39, 0.29) is 12.8 Å². The average molecular weight is 789 g/mol. The van der Waals surface area contributed by atoms with E-state index >= 15 is 0 Å². The number of aliphatic hydroxyl groups excluding tert-OH is 5. The quantitative estimate of drug-likeness (QED) is 0.0194. The van der Waals surface area contributed by atoms with E-state index in [4.69, 9.17) is 18.5 Å². The minimum absolute atomic E-state index is 0.0441. The van der Waals surface area contributed by atoms with Gasteiger partial charge in [0.2, 0.25) is 0 Å². The number of rotatable bonds is 31. The molecule has 0 spiro atoms. The smallest absolute Gasteiger partial charge is 0.462 e. The average Bonchev–Trinajstić information content (AvgIpc) is 3.15. The molecule has 54 heavy (non-hydrogen) atoms. The zero-order chi connectivity index (χ0) is 40.0. The normalized spacial score (nSPS) is 23.8. The second-order valence-corrected chi connectivity index (χ2v) is 15.2. The molecule has 6 unspecified atom stereocenters. The fourth-order valence-corrected chi connectivity index (χ4v) is 6.66. The Hall–Kier alpha value is -2.19. The molecule has 0 heterocycles. The Kier molecular flexibility index (Phi) is 28.6. The number of ether oxygens (including phenoxy) is 2. The lowest BCUT2D eigenvalue weighted by Crippen LogP contribution is -2.64. The molecule has 1 fully saturated rings. The maximum atomic E-state index is 12.7. The van der Waals surface area contributed by atoms with Crippen molar-refractivity contribution >= 4 is 19.8 Å². The van der Waals surface area contributed by atoms with Crippen LogP contribution >= 0.6 is 7.82 Å². The van der Waals surface area contributed by atoms with Crippen LogP contribution in [0.15, 0.2) is 48.6 Å². The molecule has 0 aromatic heterocycles. The molecule has 0 saturated heterocycles. The lowest BCUT2D eigenvalue weighted by atomic mass is 9.85. The number of phosphoric acid groups is 1. The molecule has 1 aliphatic carbocycles. The van der Waals surface area contributed by atoms with Crippen LogP contribution in [-0.4, -0.2) is 98.3 Å². The number of carbonyl (C=O) groups is 2. The second-order valence-electron chi connectivity index (χ2n) is 13.8. The maximum Gasteiger partial charge on any atom is 0.472 e. The third-order valence-corrected chi connectivity index (χ3v) is 9.92. The molecule has 312 valence electrons. The van der Waals surface area contributed by atoms with Gasteiger partial charge in [-0.25, -0.2) is 4.57 Å². The molecule has 0 aromatic carbocycles. The van der Waals surface area contributed by atoms with Gasteiger partial charge in [-0.2, -0.15) is 0 Å². The van der Waals surface area contributed by atoms with E-state index in [2.05, 4.69) is 56.4 Å². The summed E-state index contributed by atoms with van der Waals surface area (Å²) in [6, 6.07) is 0. The monoisotopic (exact) mass is 788 g/mol. The number of hydrogen-bond acceptors (Lipinski definition) is 12. The van der Waals surface area contributed by atoms with E-state index in [9.17, 15) is 44.6 Å². The minimum Gasteiger partial charge on any atom is -0.462 e. The Morgan fingerprint density at radius 2 is 1.06 bits per heavy atom. The third kappa shape index (κ3) is 23.7. The van der Waals surface area contributed by atoms with Gasteiger partial charge in [0, 0.05) is 12.8 Å². The van der Waals surface area contributed by atoms with Crippen LogP contribution in [0.4, 0.5) is 0 Å². The van der Waals surface area contributed by atoms with Gasteiger partial charge in [0.25, 0.3) is 0 Å². The Labute approximate surface area is 322 Å². The largest absolute Gasteiger partial charge is 0.472 e. The van der Waals surface area contributed by atoms with Crippen molar-refractivity contribution in [2.45, 2.75) is 179 Å². The fraction of sp³-hybridized carbons (Fsp3) is 0.750. The zero-order valence-electron chi connectivity index (χ0n) is 32.5. The van der Waals surface area contributed by atoms with E-state index < -0.39 is 75.7 Å². The summed E-state index contributed by atoms with van der Waals surface area (Å²) in [6.07, 6.45) is 20.5. The van der Waals surface area contributed by atoms with E-state index in [0.717, 1.165) is 57.8 Å². The third-order valence-electron chi connectivity index (χ3n) is 8.93. The van der Waals surface area contributed by atoms with Crippen molar-refractivity contribution in [1.29, 1.82) is 0 Å². The van der Waals surface area contributed by atoms with Gasteiger partial charge in [0.15, 0.2) is 6.10 Å². The zero-order valence-corrected chi connectivity index (χ0v) is 33.4. The predicted octanol–water partition coefficient (Wildman–Crippen LogP) is 6.44. The highest BCUT2D eigenvalue weighted by Crippen LogP contribution is 2.47. The molecule has 0 aromatic rings. The maximum absolute atomic E-state index is 12.7. The van der Waals surface area contributed by atoms with Gasteiger partial charge in [-0.15, -0.1) is 0 Å². The van der Waals surface area contributed by atoms with Crippen LogP contribution in [0.5, 0.6) is 0 Å². The van der Waals surface area contributed by atoms with Crippen molar-refractivity contribution in [3.63, 3.8) is 0 Å². The highest BCUT2D eigenvalue weighted by molar-refractivity contribution is 7.47. The molecule has 6 N–H and O–H groups in total. The van der Waals surface area contributed by atoms with Crippen molar-refractivity contribution in [3.8, 4) is 0 Å². The molecular formula is C40H69O13P. The summed E-state index contributed by atoms with van der Waals surface area (Å²) in [5, 5.41) is 49.9. The fourth-order valence-electron chi connectivity index (χ4n) is 5.69. The van der Waals surface area contributed by atoms with Crippen LogP contribution in [-0.2, 0) is 32.7 Å². The van der Waals surface area contributed by atoms with E-state index in [0.29, 0.717) is 12.8 Å². The van der Waals surface area contributed by atoms with Gasteiger partial charge in [-0.3, -0.25) is 18.6 Å². The summed E-state index contributed by atoms with van der Waals surface area (Å²) in [5.41, 5.74) is 0. The molecule has 0 bridgehead atoms. The second kappa shape index (κ2) is 31.0. The number of carbonyl (C=O) groups excluding carboxylic acids is 2. The summed E-state index contributed by atoms with van der Waals surface area (Å²) < 4.78 is 33.3. The highest BCUT2D eigenvalue weighted by atomic mass is 31.2. The van der Waals surface area contributed by atoms with Crippen LogP contribution in [0.2, 0.25) is 0 Å². The molecule has 0 radical (unpaired) electrons. The molecule has 1 rings (SSSR count). The van der Waals surface area contributed by atoms with Gasteiger partial charge in [0.1, 0.15) is 43.2 Å². The molecule has 14 heteroatoms. The van der Waals surface area contributed by atoms with Crippen molar-refractivity contribution < 1.29 is 63.1 Å². The van der Waals surface area contributed by atoms with Crippen LogP contribution in [0.1, 0.15) is 136 Å². The first kappa shape index (κ1) is 49.8. The van der Waals surface area contributed by atoms with E-state index in [1.807, 2.05) is 6.08 Å². The molecule has 13 nitrogen and oxygen atoms in total. The van der Waals surface area contributed by atoms with Gasteiger partial charge < -0.3 is 39.9 Å². The van der Waals surface area contributed by atoms with Gasteiger partial charge in [-0.05, 0) is 51.4 Å². The summed E-state index contributed by atoms with van der Waals surface area (Å²) in [6.45, 7) is 3.09. The summed E-state index contributed by atoms with van der Waals surface area (Å²) in [4.78, 5) is 35.4. The van der Waals surface area contributed by atoms with Gasteiger partial charge >= 0.3 is 19.8 Å². The van der Waals surface area contributed by atoms with Crippen molar-refractivity contribution in [2.24, 2.45) is 0 Å².